The summed E-state index contributed by atoms with van der Waals surface area (Å²) in [5, 5.41) is 6.26. The van der Waals surface area contributed by atoms with Gasteiger partial charge in [0.25, 0.3) is 5.91 Å². The van der Waals surface area contributed by atoms with Gasteiger partial charge in [-0.1, -0.05) is 18.0 Å². The molecule has 2 heterocycles. The van der Waals surface area contributed by atoms with Crippen LogP contribution in [0.5, 0.6) is 0 Å². The third kappa shape index (κ3) is 4.48. The van der Waals surface area contributed by atoms with Crippen LogP contribution >= 0.6 is 11.3 Å². The first kappa shape index (κ1) is 17.7. The van der Waals surface area contributed by atoms with E-state index in [-0.39, 0.29) is 0 Å². The fourth-order valence-electron chi connectivity index (χ4n) is 2.87. The van der Waals surface area contributed by atoms with E-state index in [0.717, 1.165) is 25.7 Å². The van der Waals surface area contributed by atoms with Crippen LogP contribution in [-0.2, 0) is 22.4 Å². The van der Waals surface area contributed by atoms with Crippen molar-refractivity contribution in [2.45, 2.75) is 58.5 Å². The molecule has 2 aromatic rings. The van der Waals surface area contributed by atoms with Crippen molar-refractivity contribution < 1.29 is 18.8 Å². The maximum Gasteiger partial charge on any atom is 0.349 e. The average Bonchev–Trinajstić information content (AvgIpc) is 3.13. The first-order valence-electron chi connectivity index (χ1n) is 8.59. The Morgan fingerprint density at radius 2 is 2.00 bits per heavy atom. The van der Waals surface area contributed by atoms with Gasteiger partial charge in [-0.2, -0.15) is 0 Å². The fourth-order valence-corrected chi connectivity index (χ4v) is 4.01. The van der Waals surface area contributed by atoms with Crippen LogP contribution in [-0.4, -0.2) is 23.1 Å². The van der Waals surface area contributed by atoms with Gasteiger partial charge in [0.05, 0.1) is 0 Å². The molecule has 1 amide bonds. The highest BCUT2D eigenvalue weighted by atomic mass is 32.1. The van der Waals surface area contributed by atoms with E-state index in [2.05, 4.69) is 10.5 Å². The molecule has 1 atom stereocenters. The number of thiophene rings is 1. The monoisotopic (exact) mass is 362 g/mol. The molecule has 25 heavy (non-hydrogen) atoms. The molecule has 2 aromatic heterocycles. The van der Waals surface area contributed by atoms with Crippen LogP contribution in [0.3, 0.4) is 0 Å². The van der Waals surface area contributed by atoms with Crippen molar-refractivity contribution in [2.24, 2.45) is 0 Å². The van der Waals surface area contributed by atoms with Crippen LogP contribution in [0.2, 0.25) is 0 Å². The molecule has 0 radical (unpaired) electrons. The van der Waals surface area contributed by atoms with E-state index in [0.29, 0.717) is 16.5 Å². The fraction of sp³-hybridized carbons (Fsp3) is 0.500. The zero-order valence-electron chi connectivity index (χ0n) is 14.5. The summed E-state index contributed by atoms with van der Waals surface area (Å²) in [6.45, 7) is 3.28. The zero-order valence-corrected chi connectivity index (χ0v) is 15.3. The summed E-state index contributed by atoms with van der Waals surface area (Å²) in [5.74, 6) is 0.0211. The Morgan fingerprint density at radius 1 is 1.24 bits per heavy atom. The van der Waals surface area contributed by atoms with Gasteiger partial charge in [0.2, 0.25) is 0 Å². The molecular weight excluding hydrogens is 340 g/mol. The largest absolute Gasteiger partial charge is 0.448 e. The molecule has 134 valence electrons. The molecule has 1 unspecified atom stereocenters. The van der Waals surface area contributed by atoms with Crippen molar-refractivity contribution >= 4 is 29.0 Å². The molecule has 1 N–H and O–H groups in total. The minimum atomic E-state index is -0.908. The second-order valence-corrected chi connectivity index (χ2v) is 7.47. The minimum Gasteiger partial charge on any atom is -0.448 e. The lowest BCUT2D eigenvalue weighted by Crippen LogP contribution is -2.29. The molecule has 0 aliphatic heterocycles. The first-order chi connectivity index (χ1) is 12.0. The van der Waals surface area contributed by atoms with Crippen LogP contribution in [0.4, 0.5) is 5.82 Å². The number of hydrogen-bond donors (Lipinski definition) is 1. The SMILES string of the molecule is Cc1cc(NC(=O)C(C)OC(=O)c2cc3c(s2)CCCCCC3)no1. The number of hydrogen-bond acceptors (Lipinski definition) is 6. The number of aryl methyl sites for hydroxylation is 3. The number of aromatic nitrogens is 1. The third-order valence-electron chi connectivity index (χ3n) is 4.23. The van der Waals surface area contributed by atoms with Crippen LogP contribution in [0, 0.1) is 6.92 Å². The van der Waals surface area contributed by atoms with E-state index in [1.165, 1.54) is 34.6 Å². The number of anilines is 1. The highest BCUT2D eigenvalue weighted by Gasteiger charge is 2.22. The lowest BCUT2D eigenvalue weighted by Gasteiger charge is -2.11. The summed E-state index contributed by atoms with van der Waals surface area (Å²) in [6, 6.07) is 3.53. The molecule has 0 bridgehead atoms. The lowest BCUT2D eigenvalue weighted by atomic mass is 10.00. The first-order valence-corrected chi connectivity index (χ1v) is 9.41. The third-order valence-corrected chi connectivity index (χ3v) is 5.45. The van der Waals surface area contributed by atoms with Gasteiger partial charge >= 0.3 is 5.97 Å². The summed E-state index contributed by atoms with van der Waals surface area (Å²) in [5.41, 5.74) is 1.26. The summed E-state index contributed by atoms with van der Waals surface area (Å²) in [7, 11) is 0. The van der Waals surface area contributed by atoms with E-state index in [9.17, 15) is 9.59 Å². The molecule has 0 aromatic carbocycles. The zero-order chi connectivity index (χ0) is 17.8. The number of nitrogens with zero attached hydrogens (tertiary/aromatic N) is 1. The average molecular weight is 362 g/mol. The van der Waals surface area contributed by atoms with Gasteiger partial charge in [-0.05, 0) is 51.2 Å². The van der Waals surface area contributed by atoms with Crippen LogP contribution in [0.25, 0.3) is 0 Å². The van der Waals surface area contributed by atoms with Crippen molar-refractivity contribution in [2.75, 3.05) is 5.32 Å². The van der Waals surface area contributed by atoms with Gasteiger partial charge in [0.15, 0.2) is 11.9 Å². The predicted molar refractivity (Wildman–Crippen MR) is 94.9 cm³/mol. The van der Waals surface area contributed by atoms with Crippen molar-refractivity contribution in [1.82, 2.24) is 5.16 Å². The van der Waals surface area contributed by atoms with E-state index in [1.54, 1.807) is 19.9 Å². The number of carbonyl (C=O) groups excluding carboxylic acids is 2. The molecule has 1 aliphatic carbocycles. The normalized spacial score (nSPS) is 15.6. The molecule has 1 aliphatic rings. The van der Waals surface area contributed by atoms with Crippen LogP contribution in [0.1, 0.15) is 58.5 Å². The smallest absolute Gasteiger partial charge is 0.349 e. The Balaban J connectivity index is 1.61. The molecule has 0 fully saturated rings. The number of carbonyl (C=O) groups is 2. The van der Waals surface area contributed by atoms with Crippen LogP contribution < -0.4 is 5.32 Å². The van der Waals surface area contributed by atoms with Gasteiger partial charge in [-0.3, -0.25) is 4.79 Å². The van der Waals surface area contributed by atoms with Gasteiger partial charge in [-0.25, -0.2) is 4.79 Å². The number of ether oxygens (including phenoxy) is 1. The molecule has 0 saturated carbocycles. The highest BCUT2D eigenvalue weighted by molar-refractivity contribution is 7.14. The van der Waals surface area contributed by atoms with Gasteiger partial charge in [-0.15, -0.1) is 11.3 Å². The molecule has 3 rings (SSSR count). The molecule has 6 nitrogen and oxygen atoms in total. The Labute approximate surface area is 150 Å². The van der Waals surface area contributed by atoms with E-state index >= 15 is 0 Å². The second kappa shape index (κ2) is 7.82. The number of nitrogens with one attached hydrogen (secondary N) is 1. The van der Waals surface area contributed by atoms with Crippen molar-refractivity contribution in [1.29, 1.82) is 0 Å². The number of amides is 1. The lowest BCUT2D eigenvalue weighted by molar-refractivity contribution is -0.123. The molecular formula is C18H22N2O4S. The van der Waals surface area contributed by atoms with E-state index < -0.39 is 18.0 Å². The van der Waals surface area contributed by atoms with E-state index in [4.69, 9.17) is 9.26 Å². The Bertz CT molecular complexity index is 739. The minimum absolute atomic E-state index is 0.310. The Hall–Kier alpha value is -2.15. The quantitative estimate of drug-likeness (QED) is 0.835. The highest BCUT2D eigenvalue weighted by Crippen LogP contribution is 2.29. The molecule has 0 spiro atoms. The van der Waals surface area contributed by atoms with Gasteiger partial charge < -0.3 is 14.6 Å². The second-order valence-electron chi connectivity index (χ2n) is 6.33. The van der Waals surface area contributed by atoms with Crippen molar-refractivity contribution in [3.8, 4) is 0 Å². The number of rotatable bonds is 4. The van der Waals surface area contributed by atoms with Crippen molar-refractivity contribution in [3.05, 3.63) is 33.2 Å². The number of fused-ring (bicyclic) bond motifs is 1. The topological polar surface area (TPSA) is 81.4 Å². The van der Waals surface area contributed by atoms with Crippen LogP contribution in [0.15, 0.2) is 16.7 Å². The standard InChI is InChI=1S/C18H22N2O4S/c1-11-9-16(20-24-11)19-17(21)12(2)23-18(22)15-10-13-7-5-3-4-6-8-14(13)25-15/h9-10,12H,3-8H2,1-2H3,(H,19,20,21). The maximum atomic E-state index is 12.4. The van der Waals surface area contributed by atoms with Crippen molar-refractivity contribution in [3.63, 3.8) is 0 Å². The van der Waals surface area contributed by atoms with Gasteiger partial charge in [0, 0.05) is 10.9 Å². The number of esters is 1. The molecule has 0 saturated heterocycles. The maximum absolute atomic E-state index is 12.4. The Kier molecular flexibility index (Phi) is 5.53. The van der Waals surface area contributed by atoms with Gasteiger partial charge in [0.1, 0.15) is 10.6 Å². The summed E-state index contributed by atoms with van der Waals surface area (Å²) >= 11 is 1.49. The Morgan fingerprint density at radius 3 is 2.72 bits per heavy atom. The summed E-state index contributed by atoms with van der Waals surface area (Å²) in [4.78, 5) is 26.3. The van der Waals surface area contributed by atoms with E-state index in [1.807, 2.05) is 6.07 Å². The summed E-state index contributed by atoms with van der Waals surface area (Å²) < 4.78 is 10.2. The molecule has 7 heteroatoms. The predicted octanol–water partition coefficient (Wildman–Crippen LogP) is 3.89. The summed E-state index contributed by atoms with van der Waals surface area (Å²) in [6.07, 6.45) is 5.94.